The van der Waals surface area contributed by atoms with Gasteiger partial charge in [-0.15, -0.1) is 0 Å². The number of aliphatic hydroxyl groups excluding tert-OH is 2. The van der Waals surface area contributed by atoms with E-state index in [4.69, 9.17) is 0 Å². The number of carbonyl (C=O) groups is 1. The average molecular weight is 847 g/mol. The Morgan fingerprint density at radius 3 is 0.917 bits per heavy atom. The number of hydrogen-bond donors (Lipinski definition) is 3. The molecule has 0 rings (SSSR count). The lowest BCUT2D eigenvalue weighted by atomic mass is 10.0. The van der Waals surface area contributed by atoms with Crippen molar-refractivity contribution >= 4 is 5.91 Å². The first-order valence-electron chi connectivity index (χ1n) is 27.9. The molecule has 0 aliphatic rings. The molecule has 0 aromatic heterocycles. The van der Waals surface area contributed by atoms with E-state index in [1.54, 1.807) is 0 Å². The summed E-state index contributed by atoms with van der Waals surface area (Å²) in [6, 6.07) is -0.531. The van der Waals surface area contributed by atoms with Gasteiger partial charge in [-0.2, -0.15) is 0 Å². The van der Waals surface area contributed by atoms with E-state index in [1.165, 1.54) is 270 Å². The van der Waals surface area contributed by atoms with Crippen molar-refractivity contribution < 1.29 is 15.0 Å². The summed E-state index contributed by atoms with van der Waals surface area (Å²) in [7, 11) is 0. The van der Waals surface area contributed by atoms with Gasteiger partial charge in [0.2, 0.25) is 5.91 Å². The van der Waals surface area contributed by atoms with Gasteiger partial charge < -0.3 is 15.5 Å². The standard InChI is InChI=1S/C56H111NO3/c1-3-5-7-9-11-13-15-17-18-19-20-21-22-23-24-25-26-27-28-29-30-31-32-33-34-35-36-37-38-40-42-44-46-48-50-52-56(60)57-54(53-58)55(59)51-49-47-45-43-41-39-16-14-12-10-8-6-4-2/h19-20,54-55,58-59H,3-18,21-53H2,1-2H3,(H,57,60)/b20-19-. The van der Waals surface area contributed by atoms with Crippen LogP contribution in [0.1, 0.15) is 322 Å². The van der Waals surface area contributed by atoms with Crippen LogP contribution < -0.4 is 5.32 Å². The third kappa shape index (κ3) is 48.2. The number of aliphatic hydroxyl groups is 2. The lowest BCUT2D eigenvalue weighted by Gasteiger charge is -2.22. The summed E-state index contributed by atoms with van der Waals surface area (Å²) < 4.78 is 0. The summed E-state index contributed by atoms with van der Waals surface area (Å²) in [6.07, 6.45) is 67.8. The molecule has 0 saturated heterocycles. The highest BCUT2D eigenvalue weighted by atomic mass is 16.3. The summed E-state index contributed by atoms with van der Waals surface area (Å²) in [5.74, 6) is -0.0249. The fourth-order valence-corrected chi connectivity index (χ4v) is 9.01. The lowest BCUT2D eigenvalue weighted by molar-refractivity contribution is -0.123. The van der Waals surface area contributed by atoms with Gasteiger partial charge in [0.1, 0.15) is 0 Å². The van der Waals surface area contributed by atoms with Crippen molar-refractivity contribution in [2.75, 3.05) is 6.61 Å². The number of rotatable bonds is 52. The Hall–Kier alpha value is -0.870. The van der Waals surface area contributed by atoms with Gasteiger partial charge in [0.25, 0.3) is 0 Å². The smallest absolute Gasteiger partial charge is 0.220 e. The van der Waals surface area contributed by atoms with E-state index in [2.05, 4.69) is 31.3 Å². The van der Waals surface area contributed by atoms with E-state index >= 15 is 0 Å². The van der Waals surface area contributed by atoms with Gasteiger partial charge in [-0.05, 0) is 38.5 Å². The molecular weight excluding hydrogens is 735 g/mol. The van der Waals surface area contributed by atoms with E-state index in [1.807, 2.05) is 0 Å². The second-order valence-electron chi connectivity index (χ2n) is 19.4. The van der Waals surface area contributed by atoms with Crippen molar-refractivity contribution in [1.29, 1.82) is 0 Å². The molecule has 0 spiro atoms. The molecule has 4 heteroatoms. The van der Waals surface area contributed by atoms with Gasteiger partial charge in [-0.25, -0.2) is 0 Å². The predicted molar refractivity (Wildman–Crippen MR) is 267 cm³/mol. The predicted octanol–water partition coefficient (Wildman–Crippen LogP) is 18.1. The molecule has 1 amide bonds. The molecule has 0 aliphatic heterocycles. The molecule has 358 valence electrons. The Labute approximate surface area is 377 Å². The number of unbranched alkanes of at least 4 members (excludes halogenated alkanes) is 43. The minimum atomic E-state index is -0.654. The zero-order valence-corrected chi connectivity index (χ0v) is 41.3. The van der Waals surface area contributed by atoms with Gasteiger partial charge in [-0.3, -0.25) is 4.79 Å². The van der Waals surface area contributed by atoms with Crippen LogP contribution in [0.2, 0.25) is 0 Å². The Bertz CT molecular complexity index is 829. The molecule has 0 aliphatic carbocycles. The van der Waals surface area contributed by atoms with E-state index in [-0.39, 0.29) is 12.5 Å². The normalized spacial score (nSPS) is 12.8. The highest BCUT2D eigenvalue weighted by Crippen LogP contribution is 2.18. The Morgan fingerprint density at radius 2 is 0.633 bits per heavy atom. The molecular formula is C56H111NO3. The quantitative estimate of drug-likeness (QED) is 0.0422. The summed E-state index contributed by atoms with van der Waals surface area (Å²) >= 11 is 0. The molecule has 60 heavy (non-hydrogen) atoms. The molecule has 2 atom stereocenters. The van der Waals surface area contributed by atoms with Gasteiger partial charge in [-0.1, -0.05) is 289 Å². The van der Waals surface area contributed by atoms with E-state index < -0.39 is 12.1 Å². The van der Waals surface area contributed by atoms with Crippen LogP contribution in [0.4, 0.5) is 0 Å². The average Bonchev–Trinajstić information content (AvgIpc) is 3.25. The van der Waals surface area contributed by atoms with Crippen LogP contribution in [-0.4, -0.2) is 34.9 Å². The fourth-order valence-electron chi connectivity index (χ4n) is 9.01. The Kier molecular flexibility index (Phi) is 51.7. The number of hydrogen-bond acceptors (Lipinski definition) is 3. The molecule has 0 aromatic rings. The first-order valence-corrected chi connectivity index (χ1v) is 27.9. The molecule has 2 unspecified atom stereocenters. The zero-order chi connectivity index (χ0) is 43.5. The van der Waals surface area contributed by atoms with E-state index in [9.17, 15) is 15.0 Å². The molecule has 4 nitrogen and oxygen atoms in total. The van der Waals surface area contributed by atoms with Crippen molar-refractivity contribution in [1.82, 2.24) is 5.32 Å². The molecule has 3 N–H and O–H groups in total. The van der Waals surface area contributed by atoms with Crippen LogP contribution in [-0.2, 0) is 4.79 Å². The van der Waals surface area contributed by atoms with Gasteiger partial charge >= 0.3 is 0 Å². The maximum absolute atomic E-state index is 12.4. The van der Waals surface area contributed by atoms with Crippen LogP contribution in [0.3, 0.4) is 0 Å². The molecule has 0 saturated carbocycles. The summed E-state index contributed by atoms with van der Waals surface area (Å²) in [5.41, 5.74) is 0. The topological polar surface area (TPSA) is 69.6 Å². The molecule has 0 fully saturated rings. The summed E-state index contributed by atoms with van der Waals surface area (Å²) in [4.78, 5) is 12.4. The number of amides is 1. The fraction of sp³-hybridized carbons (Fsp3) is 0.946. The van der Waals surface area contributed by atoms with Crippen LogP contribution in [0.15, 0.2) is 12.2 Å². The molecule has 0 aromatic carbocycles. The Morgan fingerprint density at radius 1 is 0.383 bits per heavy atom. The zero-order valence-electron chi connectivity index (χ0n) is 41.3. The first kappa shape index (κ1) is 59.1. The van der Waals surface area contributed by atoms with Crippen LogP contribution >= 0.6 is 0 Å². The van der Waals surface area contributed by atoms with E-state index in [0.29, 0.717) is 12.8 Å². The van der Waals surface area contributed by atoms with Crippen molar-refractivity contribution in [3.05, 3.63) is 12.2 Å². The summed E-state index contributed by atoms with van der Waals surface area (Å²) in [6.45, 7) is 4.38. The highest BCUT2D eigenvalue weighted by molar-refractivity contribution is 5.76. The minimum Gasteiger partial charge on any atom is -0.394 e. The number of allylic oxidation sites excluding steroid dienone is 2. The first-order chi connectivity index (χ1) is 29.7. The number of carbonyl (C=O) groups excluding carboxylic acids is 1. The van der Waals surface area contributed by atoms with Crippen molar-refractivity contribution in [3.8, 4) is 0 Å². The van der Waals surface area contributed by atoms with Gasteiger partial charge in [0.15, 0.2) is 0 Å². The van der Waals surface area contributed by atoms with Crippen LogP contribution in [0, 0.1) is 0 Å². The summed E-state index contributed by atoms with van der Waals surface area (Å²) in [5, 5.41) is 23.2. The van der Waals surface area contributed by atoms with Crippen molar-refractivity contribution in [2.45, 2.75) is 334 Å². The van der Waals surface area contributed by atoms with Crippen LogP contribution in [0.5, 0.6) is 0 Å². The second kappa shape index (κ2) is 52.5. The SMILES string of the molecule is CCCCCCCCCC/C=C\CCCCCCCCCCCCCCCCCCCCCCCCCC(=O)NC(CO)C(O)CCCCCCCCCCCCCCC. The lowest BCUT2D eigenvalue weighted by Crippen LogP contribution is -2.45. The largest absolute Gasteiger partial charge is 0.394 e. The van der Waals surface area contributed by atoms with Gasteiger partial charge in [0.05, 0.1) is 18.8 Å². The number of nitrogens with one attached hydrogen (secondary N) is 1. The Balaban J connectivity index is 3.35. The van der Waals surface area contributed by atoms with Crippen LogP contribution in [0.25, 0.3) is 0 Å². The minimum absolute atomic E-state index is 0.0249. The van der Waals surface area contributed by atoms with Crippen molar-refractivity contribution in [2.24, 2.45) is 0 Å². The maximum Gasteiger partial charge on any atom is 0.220 e. The highest BCUT2D eigenvalue weighted by Gasteiger charge is 2.20. The molecule has 0 heterocycles. The molecule has 0 radical (unpaired) electrons. The third-order valence-electron chi connectivity index (χ3n) is 13.3. The van der Waals surface area contributed by atoms with Gasteiger partial charge in [0, 0.05) is 6.42 Å². The third-order valence-corrected chi connectivity index (χ3v) is 13.3. The molecule has 0 bridgehead atoms. The van der Waals surface area contributed by atoms with E-state index in [0.717, 1.165) is 25.7 Å². The monoisotopic (exact) mass is 846 g/mol. The van der Waals surface area contributed by atoms with Crippen molar-refractivity contribution in [3.63, 3.8) is 0 Å². The maximum atomic E-state index is 12.4. The second-order valence-corrected chi connectivity index (χ2v) is 19.4.